The number of amides is 3. The summed E-state index contributed by atoms with van der Waals surface area (Å²) in [4.78, 5) is 42.4. The van der Waals surface area contributed by atoms with E-state index in [0.29, 0.717) is 25.7 Å². The van der Waals surface area contributed by atoms with Gasteiger partial charge >= 0.3 is 0 Å². The average Bonchev–Trinajstić information content (AvgIpc) is 3.32. The van der Waals surface area contributed by atoms with Crippen molar-refractivity contribution in [1.29, 1.82) is 0 Å². The van der Waals surface area contributed by atoms with E-state index in [1.54, 1.807) is 5.48 Å². The van der Waals surface area contributed by atoms with Gasteiger partial charge in [-0.05, 0) is 48.8 Å². The standard InChI is InChI=1S/C29H38N4O4/c1-19(2)16-24(23(28(35)33-37)14-9-12-20-10-5-4-6-11-20)27(34)32-26(29(36)30-3)17-21-18-31-25-15-8-7-13-22(21)25/h4-8,10-11,13,15,18-19,23-24,26,31,37H,9,12,14,16-17H2,1-3H3,(H,30,36)(H,32,34)(H,33,35)/t23-,24+,26-/m1/s1. The molecule has 0 spiro atoms. The summed E-state index contributed by atoms with van der Waals surface area (Å²) in [6.07, 6.45) is 4.46. The molecule has 0 unspecified atom stereocenters. The van der Waals surface area contributed by atoms with E-state index in [4.69, 9.17) is 0 Å². The fourth-order valence-electron chi connectivity index (χ4n) is 4.91. The Kier molecular flexibility index (Phi) is 10.3. The Bertz CT molecular complexity index is 1170. The summed E-state index contributed by atoms with van der Waals surface area (Å²) in [5.41, 5.74) is 4.78. The molecule has 0 fully saturated rings. The molecule has 3 aromatic rings. The van der Waals surface area contributed by atoms with E-state index in [2.05, 4.69) is 15.6 Å². The number of benzene rings is 2. The smallest absolute Gasteiger partial charge is 0.247 e. The Morgan fingerprint density at radius 3 is 2.30 bits per heavy atom. The minimum atomic E-state index is -0.812. The lowest BCUT2D eigenvalue weighted by Gasteiger charge is -2.28. The van der Waals surface area contributed by atoms with E-state index in [-0.39, 0.29) is 17.7 Å². The minimum absolute atomic E-state index is 0.130. The fraction of sp³-hybridized carbons (Fsp3) is 0.414. The van der Waals surface area contributed by atoms with Crippen LogP contribution in [0, 0.1) is 17.8 Å². The van der Waals surface area contributed by atoms with E-state index < -0.39 is 23.8 Å². The number of hydrogen-bond donors (Lipinski definition) is 5. The highest BCUT2D eigenvalue weighted by Crippen LogP contribution is 2.27. The third kappa shape index (κ3) is 7.67. The predicted octanol–water partition coefficient (Wildman–Crippen LogP) is 3.75. The highest BCUT2D eigenvalue weighted by Gasteiger charge is 2.35. The summed E-state index contributed by atoms with van der Waals surface area (Å²) in [6.45, 7) is 3.97. The molecule has 8 heteroatoms. The third-order valence-corrected chi connectivity index (χ3v) is 6.80. The number of rotatable bonds is 13. The van der Waals surface area contributed by atoms with Gasteiger partial charge in [-0.25, -0.2) is 5.48 Å². The number of aryl methyl sites for hydroxylation is 1. The van der Waals surface area contributed by atoms with Crippen LogP contribution in [0.5, 0.6) is 0 Å². The van der Waals surface area contributed by atoms with Crippen molar-refractivity contribution in [2.24, 2.45) is 17.8 Å². The summed E-state index contributed by atoms with van der Waals surface area (Å²) in [7, 11) is 1.54. The average molecular weight is 507 g/mol. The second-order valence-electron chi connectivity index (χ2n) is 9.94. The Balaban J connectivity index is 1.79. The molecule has 0 saturated carbocycles. The molecule has 5 N–H and O–H groups in total. The van der Waals surface area contributed by atoms with Crippen LogP contribution in [0.25, 0.3) is 10.9 Å². The van der Waals surface area contributed by atoms with Crippen molar-refractivity contribution in [3.8, 4) is 0 Å². The van der Waals surface area contributed by atoms with Crippen LogP contribution in [0.2, 0.25) is 0 Å². The van der Waals surface area contributed by atoms with Gasteiger partial charge in [0.25, 0.3) is 0 Å². The summed E-state index contributed by atoms with van der Waals surface area (Å²) < 4.78 is 0. The highest BCUT2D eigenvalue weighted by atomic mass is 16.5. The van der Waals surface area contributed by atoms with Gasteiger partial charge in [0.05, 0.1) is 5.92 Å². The van der Waals surface area contributed by atoms with Crippen molar-refractivity contribution in [3.63, 3.8) is 0 Å². The lowest BCUT2D eigenvalue weighted by Crippen LogP contribution is -2.51. The number of H-pyrrole nitrogens is 1. The van der Waals surface area contributed by atoms with E-state index in [9.17, 15) is 19.6 Å². The molecule has 37 heavy (non-hydrogen) atoms. The second kappa shape index (κ2) is 13.6. The van der Waals surface area contributed by atoms with Crippen LogP contribution < -0.4 is 16.1 Å². The molecule has 0 aliphatic carbocycles. The number of carbonyl (C=O) groups is 3. The van der Waals surface area contributed by atoms with Crippen molar-refractivity contribution in [2.75, 3.05) is 7.05 Å². The number of aromatic amines is 1. The van der Waals surface area contributed by atoms with Crippen molar-refractivity contribution in [2.45, 2.75) is 52.0 Å². The van der Waals surface area contributed by atoms with Gasteiger partial charge in [-0.3, -0.25) is 19.6 Å². The molecule has 0 radical (unpaired) electrons. The van der Waals surface area contributed by atoms with E-state index in [1.165, 1.54) is 7.05 Å². The Labute approximate surface area is 218 Å². The Morgan fingerprint density at radius 2 is 1.62 bits per heavy atom. The number of nitrogens with one attached hydrogen (secondary N) is 4. The van der Waals surface area contributed by atoms with Crippen molar-refractivity contribution in [1.82, 2.24) is 21.1 Å². The number of hydroxylamine groups is 1. The summed E-state index contributed by atoms with van der Waals surface area (Å²) >= 11 is 0. The molecule has 0 aliphatic heterocycles. The normalized spacial score (nSPS) is 13.6. The van der Waals surface area contributed by atoms with Gasteiger partial charge in [-0.15, -0.1) is 0 Å². The first-order chi connectivity index (χ1) is 17.8. The fourth-order valence-corrected chi connectivity index (χ4v) is 4.91. The maximum atomic E-state index is 13.6. The van der Waals surface area contributed by atoms with Crippen LogP contribution in [0.3, 0.4) is 0 Å². The number of carbonyl (C=O) groups excluding carboxylic acids is 3. The summed E-state index contributed by atoms with van der Waals surface area (Å²) in [5, 5.41) is 16.0. The van der Waals surface area contributed by atoms with Crippen LogP contribution in [-0.4, -0.2) is 41.0 Å². The summed E-state index contributed by atoms with van der Waals surface area (Å²) in [6, 6.07) is 16.9. The van der Waals surface area contributed by atoms with Crippen LogP contribution in [0.4, 0.5) is 0 Å². The molecule has 0 aliphatic rings. The molecule has 3 rings (SSSR count). The second-order valence-corrected chi connectivity index (χ2v) is 9.94. The van der Waals surface area contributed by atoms with Crippen LogP contribution in [-0.2, 0) is 27.2 Å². The highest BCUT2D eigenvalue weighted by molar-refractivity contribution is 5.92. The maximum absolute atomic E-state index is 13.6. The number of hydrogen-bond acceptors (Lipinski definition) is 4. The molecule has 1 aromatic heterocycles. The van der Waals surface area contributed by atoms with E-state index >= 15 is 0 Å². The Morgan fingerprint density at radius 1 is 0.919 bits per heavy atom. The van der Waals surface area contributed by atoms with Gasteiger partial charge in [0.15, 0.2) is 0 Å². The molecular weight excluding hydrogens is 468 g/mol. The largest absolute Gasteiger partial charge is 0.361 e. The number of fused-ring (bicyclic) bond motifs is 1. The lowest BCUT2D eigenvalue weighted by molar-refractivity contribution is -0.142. The molecule has 8 nitrogen and oxygen atoms in total. The van der Waals surface area contributed by atoms with Crippen molar-refractivity contribution >= 4 is 28.6 Å². The van der Waals surface area contributed by atoms with Gasteiger partial charge in [0, 0.05) is 36.5 Å². The van der Waals surface area contributed by atoms with E-state index in [1.807, 2.05) is 74.6 Å². The van der Waals surface area contributed by atoms with Crippen molar-refractivity contribution in [3.05, 3.63) is 71.9 Å². The minimum Gasteiger partial charge on any atom is -0.361 e. The number of para-hydroxylation sites is 1. The quantitative estimate of drug-likeness (QED) is 0.179. The van der Waals surface area contributed by atoms with Crippen LogP contribution >= 0.6 is 0 Å². The maximum Gasteiger partial charge on any atom is 0.247 e. The van der Waals surface area contributed by atoms with Crippen LogP contribution in [0.15, 0.2) is 60.8 Å². The van der Waals surface area contributed by atoms with Gasteiger partial charge < -0.3 is 15.6 Å². The molecule has 0 bridgehead atoms. The number of likely N-dealkylation sites (N-methyl/N-ethyl adjacent to an activating group) is 1. The zero-order valence-corrected chi connectivity index (χ0v) is 21.8. The molecule has 1 heterocycles. The van der Waals surface area contributed by atoms with Gasteiger partial charge in [-0.1, -0.05) is 62.4 Å². The van der Waals surface area contributed by atoms with Gasteiger partial charge in [-0.2, -0.15) is 0 Å². The molecule has 0 saturated heterocycles. The zero-order valence-electron chi connectivity index (χ0n) is 21.8. The first kappa shape index (κ1) is 27.9. The monoisotopic (exact) mass is 506 g/mol. The Hall–Kier alpha value is -3.65. The van der Waals surface area contributed by atoms with Gasteiger partial charge in [0.1, 0.15) is 6.04 Å². The predicted molar refractivity (Wildman–Crippen MR) is 144 cm³/mol. The SMILES string of the molecule is CNC(=O)[C@@H](Cc1c[nH]c2ccccc12)NC(=O)[C@@H](CC(C)C)[C@@H](CCCc1ccccc1)C(=O)NO. The first-order valence-electron chi connectivity index (χ1n) is 12.9. The molecular formula is C29H38N4O4. The molecule has 2 aromatic carbocycles. The molecule has 3 amide bonds. The first-order valence-corrected chi connectivity index (χ1v) is 12.9. The third-order valence-electron chi connectivity index (χ3n) is 6.80. The summed E-state index contributed by atoms with van der Waals surface area (Å²) in [5.74, 6) is -2.55. The molecule has 198 valence electrons. The lowest BCUT2D eigenvalue weighted by atomic mass is 9.80. The zero-order chi connectivity index (χ0) is 26.8. The van der Waals surface area contributed by atoms with Crippen LogP contribution in [0.1, 0.15) is 44.2 Å². The van der Waals surface area contributed by atoms with Gasteiger partial charge in [0.2, 0.25) is 17.7 Å². The molecule has 3 atom stereocenters. The van der Waals surface area contributed by atoms with Crippen molar-refractivity contribution < 1.29 is 19.6 Å². The van der Waals surface area contributed by atoms with E-state index in [0.717, 1.165) is 28.5 Å². The number of aromatic nitrogens is 1. The topological polar surface area (TPSA) is 123 Å².